The monoisotopic (exact) mass is 286 g/mol. The number of amides is 2. The zero-order valence-electron chi connectivity index (χ0n) is 12.7. The van der Waals surface area contributed by atoms with E-state index in [9.17, 15) is 14.7 Å². The first-order chi connectivity index (χ1) is 9.35. The second kappa shape index (κ2) is 6.92. The summed E-state index contributed by atoms with van der Waals surface area (Å²) in [7, 11) is 0. The zero-order valence-corrected chi connectivity index (χ0v) is 12.7. The molecule has 2 amide bonds. The number of aliphatic carboxylic acids is 1. The van der Waals surface area contributed by atoms with Crippen molar-refractivity contribution in [2.75, 3.05) is 13.2 Å². The molecule has 1 fully saturated rings. The molecule has 0 aromatic rings. The van der Waals surface area contributed by atoms with Gasteiger partial charge in [-0.25, -0.2) is 4.79 Å². The summed E-state index contributed by atoms with van der Waals surface area (Å²) in [4.78, 5) is 23.3. The van der Waals surface area contributed by atoms with Gasteiger partial charge in [0.05, 0.1) is 19.3 Å². The number of carbonyl (C=O) groups is 2. The third-order valence-corrected chi connectivity index (χ3v) is 4.36. The predicted octanol–water partition coefficient (Wildman–Crippen LogP) is 1.60. The van der Waals surface area contributed by atoms with Gasteiger partial charge in [-0.05, 0) is 19.8 Å². The second-order valence-corrected chi connectivity index (χ2v) is 5.77. The molecule has 0 radical (unpaired) electrons. The molecule has 0 aliphatic carbocycles. The highest BCUT2D eigenvalue weighted by Crippen LogP contribution is 2.28. The van der Waals surface area contributed by atoms with Crippen LogP contribution in [0.25, 0.3) is 0 Å². The Bertz CT molecular complexity index is 357. The molecular formula is C14H26N2O4. The van der Waals surface area contributed by atoms with Gasteiger partial charge in [0.1, 0.15) is 5.41 Å². The van der Waals surface area contributed by atoms with Crippen LogP contribution in [0.3, 0.4) is 0 Å². The van der Waals surface area contributed by atoms with Crippen LogP contribution in [-0.4, -0.2) is 42.4 Å². The minimum atomic E-state index is -1.06. The molecule has 3 N–H and O–H groups in total. The van der Waals surface area contributed by atoms with Gasteiger partial charge in [0.25, 0.3) is 0 Å². The topological polar surface area (TPSA) is 87.7 Å². The lowest BCUT2D eigenvalue weighted by molar-refractivity contribution is -0.148. The van der Waals surface area contributed by atoms with Crippen molar-refractivity contribution in [3.05, 3.63) is 0 Å². The molecule has 6 heteroatoms. The molecule has 0 spiro atoms. The van der Waals surface area contributed by atoms with E-state index in [2.05, 4.69) is 24.5 Å². The molecule has 20 heavy (non-hydrogen) atoms. The van der Waals surface area contributed by atoms with Crippen LogP contribution in [0.1, 0.15) is 40.5 Å². The van der Waals surface area contributed by atoms with Crippen LogP contribution in [0.2, 0.25) is 0 Å². The molecular weight excluding hydrogens is 260 g/mol. The average Bonchev–Trinajstić information content (AvgIpc) is 2.73. The van der Waals surface area contributed by atoms with E-state index in [-0.39, 0.29) is 25.3 Å². The molecule has 1 aliphatic rings. The third-order valence-electron chi connectivity index (χ3n) is 4.36. The highest BCUT2D eigenvalue weighted by molar-refractivity contribution is 5.79. The van der Waals surface area contributed by atoms with Crippen LogP contribution in [0, 0.1) is 11.3 Å². The summed E-state index contributed by atoms with van der Waals surface area (Å²) in [5.41, 5.74) is -1.06. The number of rotatable bonds is 6. The van der Waals surface area contributed by atoms with E-state index < -0.39 is 17.4 Å². The molecule has 1 rings (SSSR count). The van der Waals surface area contributed by atoms with Gasteiger partial charge in [0, 0.05) is 6.04 Å². The Labute approximate surface area is 120 Å². The first-order valence-electron chi connectivity index (χ1n) is 7.23. The Morgan fingerprint density at radius 1 is 1.40 bits per heavy atom. The van der Waals surface area contributed by atoms with Crippen molar-refractivity contribution in [2.24, 2.45) is 11.3 Å². The van der Waals surface area contributed by atoms with Crippen LogP contribution in [-0.2, 0) is 9.53 Å². The lowest BCUT2D eigenvalue weighted by Gasteiger charge is -2.28. The minimum absolute atomic E-state index is 0.0587. The maximum Gasteiger partial charge on any atom is 0.315 e. The van der Waals surface area contributed by atoms with Gasteiger partial charge in [-0.2, -0.15) is 0 Å². The molecule has 1 heterocycles. The number of carboxylic acid groups (broad SMARTS) is 1. The van der Waals surface area contributed by atoms with E-state index in [1.54, 1.807) is 6.92 Å². The molecule has 0 aromatic heterocycles. The van der Waals surface area contributed by atoms with Gasteiger partial charge in [-0.3, -0.25) is 4.79 Å². The summed E-state index contributed by atoms with van der Waals surface area (Å²) in [6, 6.07) is -0.773. The molecule has 6 nitrogen and oxygen atoms in total. The quantitative estimate of drug-likeness (QED) is 0.692. The van der Waals surface area contributed by atoms with E-state index in [0.717, 1.165) is 12.8 Å². The minimum Gasteiger partial charge on any atom is -0.481 e. The van der Waals surface area contributed by atoms with Gasteiger partial charge in [0.2, 0.25) is 0 Å². The second-order valence-electron chi connectivity index (χ2n) is 5.77. The van der Waals surface area contributed by atoms with E-state index in [0.29, 0.717) is 5.92 Å². The molecule has 3 atom stereocenters. The molecule has 116 valence electrons. The number of urea groups is 1. The number of nitrogens with one attached hydrogen (secondary N) is 2. The van der Waals surface area contributed by atoms with Gasteiger partial charge in [-0.15, -0.1) is 0 Å². The van der Waals surface area contributed by atoms with E-state index in [1.807, 2.05) is 6.92 Å². The van der Waals surface area contributed by atoms with Crippen molar-refractivity contribution in [2.45, 2.75) is 52.6 Å². The Balaban J connectivity index is 2.56. The fraction of sp³-hybridized carbons (Fsp3) is 0.857. The largest absolute Gasteiger partial charge is 0.481 e. The Hall–Kier alpha value is -1.30. The highest BCUT2D eigenvalue weighted by atomic mass is 16.5. The molecule has 0 bridgehead atoms. The van der Waals surface area contributed by atoms with E-state index in [1.165, 1.54) is 0 Å². The summed E-state index contributed by atoms with van der Waals surface area (Å²) in [6.07, 6.45) is 1.99. The molecule has 1 saturated heterocycles. The van der Waals surface area contributed by atoms with Crippen molar-refractivity contribution in [1.82, 2.24) is 10.6 Å². The van der Waals surface area contributed by atoms with Gasteiger partial charge in [-0.1, -0.05) is 26.7 Å². The summed E-state index contributed by atoms with van der Waals surface area (Å²) in [6.45, 7) is 8.11. The summed E-state index contributed by atoms with van der Waals surface area (Å²) >= 11 is 0. The summed E-state index contributed by atoms with van der Waals surface area (Å²) < 4.78 is 5.21. The molecule has 3 unspecified atom stereocenters. The Kier molecular flexibility index (Phi) is 5.80. The number of hydrogen-bond donors (Lipinski definition) is 3. The third kappa shape index (κ3) is 3.62. The fourth-order valence-electron chi connectivity index (χ4n) is 2.61. The first kappa shape index (κ1) is 16.8. The van der Waals surface area contributed by atoms with Crippen LogP contribution in [0.4, 0.5) is 4.79 Å². The van der Waals surface area contributed by atoms with Crippen molar-refractivity contribution >= 4 is 12.0 Å². The van der Waals surface area contributed by atoms with Crippen molar-refractivity contribution < 1.29 is 19.4 Å². The van der Waals surface area contributed by atoms with Crippen LogP contribution in [0.15, 0.2) is 0 Å². The maximum absolute atomic E-state index is 12.0. The number of ether oxygens (including phenoxy) is 1. The smallest absolute Gasteiger partial charge is 0.315 e. The SMILES string of the molecule is CCC(CC)C(C)NC(=O)NC1COCC1(C)C(=O)O. The number of hydrogen-bond acceptors (Lipinski definition) is 3. The molecule has 0 aromatic carbocycles. The van der Waals surface area contributed by atoms with Crippen LogP contribution < -0.4 is 10.6 Å². The predicted molar refractivity (Wildman–Crippen MR) is 75.6 cm³/mol. The van der Waals surface area contributed by atoms with Gasteiger partial charge < -0.3 is 20.5 Å². The van der Waals surface area contributed by atoms with Crippen LogP contribution in [0.5, 0.6) is 0 Å². The first-order valence-corrected chi connectivity index (χ1v) is 7.23. The van der Waals surface area contributed by atoms with Crippen molar-refractivity contribution in [3.63, 3.8) is 0 Å². The number of carboxylic acids is 1. The Morgan fingerprint density at radius 3 is 2.50 bits per heavy atom. The van der Waals surface area contributed by atoms with E-state index >= 15 is 0 Å². The fourth-order valence-corrected chi connectivity index (χ4v) is 2.61. The lowest BCUT2D eigenvalue weighted by Crippen LogP contribution is -2.54. The maximum atomic E-state index is 12.0. The lowest BCUT2D eigenvalue weighted by atomic mass is 9.85. The highest BCUT2D eigenvalue weighted by Gasteiger charge is 2.47. The average molecular weight is 286 g/mol. The van der Waals surface area contributed by atoms with Crippen molar-refractivity contribution in [1.29, 1.82) is 0 Å². The molecule has 1 aliphatic heterocycles. The standard InChI is InChI=1S/C14H26N2O4/c1-5-10(6-2)9(3)15-13(19)16-11-7-20-8-14(11,4)12(17)18/h9-11H,5-8H2,1-4H3,(H,17,18)(H2,15,16,19). The molecule has 0 saturated carbocycles. The zero-order chi connectivity index (χ0) is 15.3. The number of carbonyl (C=O) groups excluding carboxylic acids is 1. The van der Waals surface area contributed by atoms with Gasteiger partial charge >= 0.3 is 12.0 Å². The Morgan fingerprint density at radius 2 is 2.00 bits per heavy atom. The van der Waals surface area contributed by atoms with E-state index in [4.69, 9.17) is 4.74 Å². The van der Waals surface area contributed by atoms with Crippen LogP contribution >= 0.6 is 0 Å². The van der Waals surface area contributed by atoms with Gasteiger partial charge in [0.15, 0.2) is 0 Å². The van der Waals surface area contributed by atoms with Crippen molar-refractivity contribution in [3.8, 4) is 0 Å². The summed E-state index contributed by atoms with van der Waals surface area (Å²) in [5.74, 6) is -0.528. The normalized spacial score (nSPS) is 27.4. The summed E-state index contributed by atoms with van der Waals surface area (Å²) in [5, 5.41) is 14.9.